The molecule has 0 bridgehead atoms. The van der Waals surface area contributed by atoms with E-state index in [-0.39, 0.29) is 6.42 Å². The molecule has 0 saturated carbocycles. The van der Waals surface area contributed by atoms with E-state index in [0.717, 1.165) is 5.52 Å². The van der Waals surface area contributed by atoms with Crippen LogP contribution in [0, 0.1) is 0 Å². The first-order valence-electron chi connectivity index (χ1n) is 4.43. The van der Waals surface area contributed by atoms with Gasteiger partial charge in [0.15, 0.2) is 0 Å². The molecule has 0 fully saturated rings. The van der Waals surface area contributed by atoms with Crippen LogP contribution in [0.5, 0.6) is 5.75 Å². The highest BCUT2D eigenvalue weighted by molar-refractivity contribution is 5.87. The molecular weight excluding hydrogens is 196 g/mol. The molecule has 5 nitrogen and oxygen atoms in total. The van der Waals surface area contributed by atoms with E-state index in [0.29, 0.717) is 16.8 Å². The van der Waals surface area contributed by atoms with Crippen LogP contribution in [0.15, 0.2) is 18.5 Å². The number of aromatic amines is 1. The maximum absolute atomic E-state index is 10.6. The minimum atomic E-state index is -0.871. The molecule has 0 aliphatic heterocycles. The van der Waals surface area contributed by atoms with Crippen molar-refractivity contribution in [1.82, 2.24) is 9.97 Å². The van der Waals surface area contributed by atoms with Crippen LogP contribution in [-0.2, 0) is 11.2 Å². The number of carboxylic acids is 1. The lowest BCUT2D eigenvalue weighted by molar-refractivity contribution is -0.136. The van der Waals surface area contributed by atoms with E-state index in [1.807, 2.05) is 0 Å². The molecule has 1 heterocycles. The SMILES string of the molecule is COc1ccc(CC(=O)O)c2nc[nH]c12. The predicted molar refractivity (Wildman–Crippen MR) is 54.0 cm³/mol. The van der Waals surface area contributed by atoms with Crippen molar-refractivity contribution >= 4 is 17.0 Å². The number of carboxylic acid groups (broad SMARTS) is 1. The fourth-order valence-corrected chi connectivity index (χ4v) is 1.54. The molecule has 1 aromatic heterocycles. The average Bonchev–Trinajstić information content (AvgIpc) is 2.66. The van der Waals surface area contributed by atoms with Gasteiger partial charge in [0, 0.05) is 0 Å². The maximum atomic E-state index is 10.6. The number of aromatic nitrogens is 2. The van der Waals surface area contributed by atoms with Crippen molar-refractivity contribution < 1.29 is 14.6 Å². The van der Waals surface area contributed by atoms with Crippen LogP contribution < -0.4 is 4.74 Å². The van der Waals surface area contributed by atoms with Gasteiger partial charge in [0.1, 0.15) is 11.3 Å². The van der Waals surface area contributed by atoms with Crippen molar-refractivity contribution in [3.05, 3.63) is 24.0 Å². The Kier molecular flexibility index (Phi) is 2.29. The number of fused-ring (bicyclic) bond motifs is 1. The molecule has 0 aliphatic carbocycles. The van der Waals surface area contributed by atoms with Crippen molar-refractivity contribution in [2.75, 3.05) is 7.11 Å². The van der Waals surface area contributed by atoms with Gasteiger partial charge >= 0.3 is 5.97 Å². The van der Waals surface area contributed by atoms with Gasteiger partial charge < -0.3 is 14.8 Å². The molecule has 15 heavy (non-hydrogen) atoms. The number of benzene rings is 1. The molecule has 0 unspecified atom stereocenters. The molecule has 78 valence electrons. The summed E-state index contributed by atoms with van der Waals surface area (Å²) in [5, 5.41) is 8.72. The summed E-state index contributed by atoms with van der Waals surface area (Å²) >= 11 is 0. The predicted octanol–water partition coefficient (Wildman–Crippen LogP) is 1.20. The van der Waals surface area contributed by atoms with Gasteiger partial charge in [-0.15, -0.1) is 0 Å². The zero-order valence-electron chi connectivity index (χ0n) is 8.15. The van der Waals surface area contributed by atoms with E-state index in [4.69, 9.17) is 9.84 Å². The van der Waals surface area contributed by atoms with Gasteiger partial charge in [0.05, 0.1) is 25.4 Å². The first-order valence-corrected chi connectivity index (χ1v) is 4.43. The van der Waals surface area contributed by atoms with Gasteiger partial charge in [-0.25, -0.2) is 4.98 Å². The van der Waals surface area contributed by atoms with E-state index < -0.39 is 5.97 Å². The summed E-state index contributed by atoms with van der Waals surface area (Å²) in [4.78, 5) is 17.6. The van der Waals surface area contributed by atoms with E-state index in [2.05, 4.69) is 9.97 Å². The Morgan fingerprint density at radius 1 is 1.60 bits per heavy atom. The number of hydrogen-bond acceptors (Lipinski definition) is 3. The number of methoxy groups -OCH3 is 1. The third kappa shape index (κ3) is 1.63. The molecule has 2 aromatic rings. The highest BCUT2D eigenvalue weighted by atomic mass is 16.5. The lowest BCUT2D eigenvalue weighted by atomic mass is 10.1. The minimum Gasteiger partial charge on any atom is -0.494 e. The topological polar surface area (TPSA) is 75.2 Å². The maximum Gasteiger partial charge on any atom is 0.307 e. The smallest absolute Gasteiger partial charge is 0.307 e. The summed E-state index contributed by atoms with van der Waals surface area (Å²) in [6, 6.07) is 3.45. The van der Waals surface area contributed by atoms with Crippen molar-refractivity contribution in [3.8, 4) is 5.75 Å². The lowest BCUT2D eigenvalue weighted by Crippen LogP contribution is -2.01. The molecule has 0 spiro atoms. The van der Waals surface area contributed by atoms with Crippen LogP contribution in [-0.4, -0.2) is 28.2 Å². The molecule has 5 heteroatoms. The van der Waals surface area contributed by atoms with E-state index in [1.54, 1.807) is 19.2 Å². The second-order valence-electron chi connectivity index (χ2n) is 3.12. The van der Waals surface area contributed by atoms with E-state index >= 15 is 0 Å². The van der Waals surface area contributed by atoms with Crippen molar-refractivity contribution in [3.63, 3.8) is 0 Å². The first-order chi connectivity index (χ1) is 7.22. The molecule has 2 rings (SSSR count). The summed E-state index contributed by atoms with van der Waals surface area (Å²) in [5.41, 5.74) is 2.06. The fourth-order valence-electron chi connectivity index (χ4n) is 1.54. The van der Waals surface area contributed by atoms with Gasteiger partial charge in [-0.2, -0.15) is 0 Å². The Bertz CT molecular complexity index is 504. The van der Waals surface area contributed by atoms with E-state index in [9.17, 15) is 4.79 Å². The van der Waals surface area contributed by atoms with E-state index in [1.165, 1.54) is 6.33 Å². The largest absolute Gasteiger partial charge is 0.494 e. The summed E-state index contributed by atoms with van der Waals surface area (Å²) in [6.07, 6.45) is 1.49. The van der Waals surface area contributed by atoms with Crippen molar-refractivity contribution in [2.45, 2.75) is 6.42 Å². The summed E-state index contributed by atoms with van der Waals surface area (Å²) in [6.45, 7) is 0. The Balaban J connectivity index is 2.58. The second-order valence-corrected chi connectivity index (χ2v) is 3.12. The minimum absolute atomic E-state index is 0.0364. The van der Waals surface area contributed by atoms with Gasteiger partial charge in [-0.1, -0.05) is 6.07 Å². The highest BCUT2D eigenvalue weighted by Gasteiger charge is 2.10. The average molecular weight is 206 g/mol. The number of ether oxygens (including phenoxy) is 1. The Hall–Kier alpha value is -2.04. The van der Waals surface area contributed by atoms with Crippen LogP contribution in [0.2, 0.25) is 0 Å². The van der Waals surface area contributed by atoms with Gasteiger partial charge in [0.25, 0.3) is 0 Å². The number of nitrogens with zero attached hydrogens (tertiary/aromatic N) is 1. The van der Waals surface area contributed by atoms with Crippen molar-refractivity contribution in [2.24, 2.45) is 0 Å². The quantitative estimate of drug-likeness (QED) is 0.791. The molecule has 1 aromatic carbocycles. The van der Waals surface area contributed by atoms with Gasteiger partial charge in [-0.3, -0.25) is 4.79 Å². The number of aliphatic carboxylic acids is 1. The molecule has 0 radical (unpaired) electrons. The molecule has 0 amide bonds. The molecule has 2 N–H and O–H groups in total. The number of H-pyrrole nitrogens is 1. The third-order valence-corrected chi connectivity index (χ3v) is 2.19. The van der Waals surface area contributed by atoms with Crippen molar-refractivity contribution in [1.29, 1.82) is 0 Å². The van der Waals surface area contributed by atoms with Crippen LogP contribution in [0.25, 0.3) is 11.0 Å². The van der Waals surface area contributed by atoms with Crippen LogP contribution in [0.3, 0.4) is 0 Å². The number of imidazole rings is 1. The zero-order chi connectivity index (χ0) is 10.8. The van der Waals surface area contributed by atoms with Gasteiger partial charge in [-0.05, 0) is 11.6 Å². The standard InChI is InChI=1S/C10H10N2O3/c1-15-7-3-2-6(4-8(13)14)9-10(7)12-5-11-9/h2-3,5H,4H2,1H3,(H,11,12)(H,13,14). The number of hydrogen-bond donors (Lipinski definition) is 2. The van der Waals surface area contributed by atoms with Crippen LogP contribution in [0.1, 0.15) is 5.56 Å². The molecule has 0 aliphatic rings. The third-order valence-electron chi connectivity index (χ3n) is 2.19. The Labute approximate surface area is 85.7 Å². The fraction of sp³-hybridized carbons (Fsp3) is 0.200. The normalized spacial score (nSPS) is 10.5. The molecular formula is C10H10N2O3. The summed E-state index contributed by atoms with van der Waals surface area (Å²) < 4.78 is 5.13. The summed E-state index contributed by atoms with van der Waals surface area (Å²) in [5.74, 6) is -0.207. The molecule has 0 atom stereocenters. The number of rotatable bonds is 3. The Morgan fingerprint density at radius 3 is 3.07 bits per heavy atom. The zero-order valence-corrected chi connectivity index (χ0v) is 8.15. The monoisotopic (exact) mass is 206 g/mol. The van der Waals surface area contributed by atoms with Gasteiger partial charge in [0.2, 0.25) is 0 Å². The number of carbonyl (C=O) groups is 1. The van der Waals surface area contributed by atoms with Crippen LogP contribution in [0.4, 0.5) is 0 Å². The Morgan fingerprint density at radius 2 is 2.40 bits per heavy atom. The lowest BCUT2D eigenvalue weighted by Gasteiger charge is -2.03. The second kappa shape index (κ2) is 3.61. The summed E-state index contributed by atoms with van der Waals surface area (Å²) in [7, 11) is 1.56. The number of nitrogens with one attached hydrogen (secondary N) is 1. The van der Waals surface area contributed by atoms with Crippen LogP contribution >= 0.6 is 0 Å². The highest BCUT2D eigenvalue weighted by Crippen LogP contribution is 2.25. The molecule has 0 saturated heterocycles. The first kappa shape index (κ1) is 9.51.